The lowest BCUT2D eigenvalue weighted by Gasteiger charge is -2.20. The molecule has 0 bridgehead atoms. The Balaban J connectivity index is 1.50. The van der Waals surface area contributed by atoms with Crippen LogP contribution in [0.15, 0.2) is 60.0 Å². The van der Waals surface area contributed by atoms with Crippen LogP contribution in [0.25, 0.3) is 0 Å². The highest BCUT2D eigenvalue weighted by molar-refractivity contribution is 7.10. The number of hydrogen-bond donors (Lipinski definition) is 1. The first-order valence-corrected chi connectivity index (χ1v) is 10.1. The van der Waals surface area contributed by atoms with Gasteiger partial charge in [0, 0.05) is 34.8 Å². The first kappa shape index (κ1) is 19.1. The van der Waals surface area contributed by atoms with Crippen molar-refractivity contribution in [3.8, 4) is 5.75 Å². The number of nitrogens with one attached hydrogen (secondary N) is 1. The smallest absolute Gasteiger partial charge is 0.261 e. The standard InChI is InChI=1S/C22H19FN2O3S/c23-19-6-2-1-4-15(19)12-25-13-16-10-17(7-8-20(16)28-14-22(25)27)24-21(26)11-18-5-3-9-29-18/h1-10H,11-14H2,(H,24,26). The number of ether oxygens (including phenoxy) is 1. The molecule has 0 saturated heterocycles. The third-order valence-corrected chi connectivity index (χ3v) is 5.52. The van der Waals surface area contributed by atoms with Gasteiger partial charge in [0.25, 0.3) is 5.91 Å². The zero-order valence-electron chi connectivity index (χ0n) is 15.6. The van der Waals surface area contributed by atoms with Crippen LogP contribution in [0.4, 0.5) is 10.1 Å². The molecule has 29 heavy (non-hydrogen) atoms. The van der Waals surface area contributed by atoms with E-state index in [1.54, 1.807) is 41.3 Å². The van der Waals surface area contributed by atoms with E-state index in [2.05, 4.69) is 5.32 Å². The van der Waals surface area contributed by atoms with Gasteiger partial charge < -0.3 is 15.0 Å². The van der Waals surface area contributed by atoms with Crippen molar-refractivity contribution in [3.63, 3.8) is 0 Å². The van der Waals surface area contributed by atoms with Crippen LogP contribution >= 0.6 is 11.3 Å². The summed E-state index contributed by atoms with van der Waals surface area (Å²) in [5.41, 5.74) is 1.85. The van der Waals surface area contributed by atoms with Crippen LogP contribution in [0, 0.1) is 5.82 Å². The molecule has 2 heterocycles. The van der Waals surface area contributed by atoms with Crippen LogP contribution in [-0.4, -0.2) is 23.3 Å². The van der Waals surface area contributed by atoms with Crippen molar-refractivity contribution in [2.45, 2.75) is 19.5 Å². The minimum absolute atomic E-state index is 0.106. The molecule has 148 valence electrons. The molecule has 1 aliphatic rings. The maximum Gasteiger partial charge on any atom is 0.261 e. The fourth-order valence-corrected chi connectivity index (χ4v) is 3.90. The quantitative estimate of drug-likeness (QED) is 0.692. The number of thiophene rings is 1. The summed E-state index contributed by atoms with van der Waals surface area (Å²) in [5.74, 6) is -0.0834. The van der Waals surface area contributed by atoms with Crippen molar-refractivity contribution in [1.29, 1.82) is 0 Å². The molecule has 0 saturated carbocycles. The van der Waals surface area contributed by atoms with Crippen molar-refractivity contribution in [2.24, 2.45) is 0 Å². The van der Waals surface area contributed by atoms with Gasteiger partial charge in [-0.05, 0) is 35.7 Å². The molecular weight excluding hydrogens is 391 g/mol. The highest BCUT2D eigenvalue weighted by Crippen LogP contribution is 2.28. The van der Waals surface area contributed by atoms with Gasteiger partial charge in [-0.25, -0.2) is 4.39 Å². The summed E-state index contributed by atoms with van der Waals surface area (Å²) in [6.07, 6.45) is 0.309. The lowest BCUT2D eigenvalue weighted by Crippen LogP contribution is -2.32. The van der Waals surface area contributed by atoms with Crippen LogP contribution in [0.3, 0.4) is 0 Å². The maximum absolute atomic E-state index is 14.0. The second kappa shape index (κ2) is 8.45. The monoisotopic (exact) mass is 410 g/mol. The largest absolute Gasteiger partial charge is 0.483 e. The minimum Gasteiger partial charge on any atom is -0.483 e. The number of carbonyl (C=O) groups excluding carboxylic acids is 2. The number of benzene rings is 2. The molecule has 1 aliphatic heterocycles. The summed E-state index contributed by atoms with van der Waals surface area (Å²) in [4.78, 5) is 27.3. The van der Waals surface area contributed by atoms with Gasteiger partial charge in [-0.2, -0.15) is 0 Å². The molecule has 5 nitrogen and oxygen atoms in total. The van der Waals surface area contributed by atoms with Crippen molar-refractivity contribution in [1.82, 2.24) is 4.90 Å². The highest BCUT2D eigenvalue weighted by atomic mass is 32.1. The molecule has 0 unspecified atom stereocenters. The van der Waals surface area contributed by atoms with Crippen molar-refractivity contribution < 1.29 is 18.7 Å². The number of anilines is 1. The molecule has 0 radical (unpaired) electrons. The molecular formula is C22H19FN2O3S. The van der Waals surface area contributed by atoms with E-state index < -0.39 is 0 Å². The molecule has 7 heteroatoms. The fourth-order valence-electron chi connectivity index (χ4n) is 3.20. The van der Waals surface area contributed by atoms with E-state index >= 15 is 0 Å². The Bertz CT molecular complexity index is 1040. The lowest BCUT2D eigenvalue weighted by molar-refractivity contribution is -0.133. The number of fused-ring (bicyclic) bond motifs is 1. The molecule has 1 aromatic heterocycles. The summed E-state index contributed by atoms with van der Waals surface area (Å²) >= 11 is 1.53. The summed E-state index contributed by atoms with van der Waals surface area (Å²) in [6.45, 7) is 0.325. The average molecular weight is 410 g/mol. The molecule has 0 spiro atoms. The molecule has 2 aromatic carbocycles. The Hall–Kier alpha value is -3.19. The molecule has 0 atom stereocenters. The first-order valence-electron chi connectivity index (χ1n) is 9.17. The van der Waals surface area contributed by atoms with Crippen LogP contribution in [0.2, 0.25) is 0 Å². The zero-order valence-corrected chi connectivity index (χ0v) is 16.4. The number of carbonyl (C=O) groups is 2. The van der Waals surface area contributed by atoms with Crippen LogP contribution < -0.4 is 10.1 Å². The Morgan fingerprint density at radius 1 is 1.17 bits per heavy atom. The van der Waals surface area contributed by atoms with Gasteiger partial charge in [-0.3, -0.25) is 9.59 Å². The number of rotatable bonds is 5. The predicted molar refractivity (Wildman–Crippen MR) is 109 cm³/mol. The van der Waals surface area contributed by atoms with Crippen LogP contribution in [0.1, 0.15) is 16.0 Å². The molecule has 0 aliphatic carbocycles. The van der Waals surface area contributed by atoms with Crippen molar-refractivity contribution >= 4 is 28.8 Å². The second-order valence-corrected chi connectivity index (χ2v) is 7.79. The fraction of sp³-hybridized carbons (Fsp3) is 0.182. The van der Waals surface area contributed by atoms with E-state index in [4.69, 9.17) is 4.74 Å². The van der Waals surface area contributed by atoms with Gasteiger partial charge in [-0.1, -0.05) is 24.3 Å². The number of nitrogens with zero attached hydrogens (tertiary/aromatic N) is 1. The highest BCUT2D eigenvalue weighted by Gasteiger charge is 2.23. The average Bonchev–Trinajstić information content (AvgIpc) is 3.15. The lowest BCUT2D eigenvalue weighted by atomic mass is 10.1. The Kier molecular flexibility index (Phi) is 5.57. The third kappa shape index (κ3) is 4.63. The topological polar surface area (TPSA) is 58.6 Å². The Morgan fingerprint density at radius 2 is 2.03 bits per heavy atom. The SMILES string of the molecule is O=C(Cc1cccs1)Nc1ccc2c(c1)CN(Cc1ccccc1F)C(=O)CO2. The van der Waals surface area contributed by atoms with E-state index in [1.165, 1.54) is 17.4 Å². The van der Waals surface area contributed by atoms with Crippen LogP contribution in [-0.2, 0) is 29.1 Å². The van der Waals surface area contributed by atoms with Gasteiger partial charge in [-0.15, -0.1) is 11.3 Å². The Labute approximate surface area is 171 Å². The van der Waals surface area contributed by atoms with E-state index in [1.807, 2.05) is 17.5 Å². The molecule has 4 rings (SSSR count). The Morgan fingerprint density at radius 3 is 2.83 bits per heavy atom. The maximum atomic E-state index is 14.0. The van der Waals surface area contributed by atoms with Gasteiger partial charge >= 0.3 is 0 Å². The molecule has 1 N–H and O–H groups in total. The summed E-state index contributed by atoms with van der Waals surface area (Å²) in [7, 11) is 0. The summed E-state index contributed by atoms with van der Waals surface area (Å²) in [5, 5.41) is 4.82. The van der Waals surface area contributed by atoms with Crippen molar-refractivity contribution in [3.05, 3.63) is 81.8 Å². The second-order valence-electron chi connectivity index (χ2n) is 6.76. The first-order chi connectivity index (χ1) is 14.1. The van der Waals surface area contributed by atoms with E-state index in [-0.39, 0.29) is 37.3 Å². The number of amides is 2. The van der Waals surface area contributed by atoms with Gasteiger partial charge in [0.2, 0.25) is 5.91 Å². The minimum atomic E-state index is -0.347. The van der Waals surface area contributed by atoms with Gasteiger partial charge in [0.15, 0.2) is 6.61 Å². The zero-order chi connectivity index (χ0) is 20.2. The summed E-state index contributed by atoms with van der Waals surface area (Å²) in [6, 6.07) is 15.5. The van der Waals surface area contributed by atoms with Gasteiger partial charge in [0.1, 0.15) is 11.6 Å². The van der Waals surface area contributed by atoms with Crippen LogP contribution in [0.5, 0.6) is 5.75 Å². The van der Waals surface area contributed by atoms with E-state index in [0.717, 1.165) is 10.4 Å². The molecule has 2 amide bonds. The predicted octanol–water partition coefficient (Wildman–Crippen LogP) is 3.99. The number of hydrogen-bond acceptors (Lipinski definition) is 4. The van der Waals surface area contributed by atoms with E-state index in [9.17, 15) is 14.0 Å². The van der Waals surface area contributed by atoms with E-state index in [0.29, 0.717) is 23.4 Å². The summed E-state index contributed by atoms with van der Waals surface area (Å²) < 4.78 is 19.6. The van der Waals surface area contributed by atoms with Crippen molar-refractivity contribution in [2.75, 3.05) is 11.9 Å². The number of halogens is 1. The van der Waals surface area contributed by atoms with Gasteiger partial charge in [0.05, 0.1) is 6.42 Å². The molecule has 0 fully saturated rings. The molecule has 3 aromatic rings. The normalized spacial score (nSPS) is 13.4. The third-order valence-electron chi connectivity index (χ3n) is 4.64.